The number of hydrogen-bond donors (Lipinski definition) is 2. The van der Waals surface area contributed by atoms with Gasteiger partial charge in [0.15, 0.2) is 0 Å². The van der Waals surface area contributed by atoms with E-state index < -0.39 is 11.7 Å². The Morgan fingerprint density at radius 2 is 1.86 bits per heavy atom. The highest BCUT2D eigenvalue weighted by molar-refractivity contribution is 7.99. The number of carbonyl (C=O) groups is 2. The summed E-state index contributed by atoms with van der Waals surface area (Å²) in [6, 6.07) is 11.3. The lowest BCUT2D eigenvalue weighted by Crippen LogP contribution is -2.33. The monoisotopic (exact) mass is 414 g/mol. The Bertz CT molecular complexity index is 1020. The van der Waals surface area contributed by atoms with Crippen molar-refractivity contribution in [2.75, 3.05) is 17.6 Å². The summed E-state index contributed by atoms with van der Waals surface area (Å²) in [4.78, 5) is 23.9. The molecular weight excluding hydrogens is 395 g/mol. The van der Waals surface area contributed by atoms with Gasteiger partial charge < -0.3 is 10.6 Å². The molecule has 0 unspecified atom stereocenters. The molecule has 0 fully saturated rings. The van der Waals surface area contributed by atoms with Crippen LogP contribution in [0, 0.1) is 19.7 Å². The van der Waals surface area contributed by atoms with Crippen LogP contribution < -0.4 is 10.6 Å². The van der Waals surface area contributed by atoms with Crippen LogP contribution in [0.15, 0.2) is 47.6 Å². The molecule has 1 heterocycles. The third-order valence-electron chi connectivity index (χ3n) is 3.93. The van der Waals surface area contributed by atoms with Crippen molar-refractivity contribution in [2.24, 2.45) is 0 Å². The molecule has 0 saturated heterocycles. The van der Waals surface area contributed by atoms with Gasteiger partial charge in [0.25, 0.3) is 0 Å². The third-order valence-corrected chi connectivity index (χ3v) is 4.85. The summed E-state index contributed by atoms with van der Waals surface area (Å²) in [6.07, 6.45) is 0. The fraction of sp³-hybridized carbons (Fsp3) is 0.211. The summed E-state index contributed by atoms with van der Waals surface area (Å²) < 4.78 is 14.4. The lowest BCUT2D eigenvalue weighted by Gasteiger charge is -2.09. The first-order chi connectivity index (χ1) is 13.9. The zero-order valence-corrected chi connectivity index (χ0v) is 16.7. The van der Waals surface area contributed by atoms with Gasteiger partial charge in [-0.15, -0.1) is 5.10 Å². The second kappa shape index (κ2) is 9.28. The van der Waals surface area contributed by atoms with E-state index in [4.69, 9.17) is 0 Å². The molecule has 0 spiro atoms. The van der Waals surface area contributed by atoms with Crippen LogP contribution >= 0.6 is 11.8 Å². The molecule has 0 saturated carbocycles. The second-order valence-electron chi connectivity index (χ2n) is 6.28. The minimum absolute atomic E-state index is 0.0507. The summed E-state index contributed by atoms with van der Waals surface area (Å²) in [7, 11) is 0. The summed E-state index contributed by atoms with van der Waals surface area (Å²) in [5, 5.41) is 17.2. The predicted molar refractivity (Wildman–Crippen MR) is 107 cm³/mol. The summed E-state index contributed by atoms with van der Waals surface area (Å²) in [5.74, 6) is -1.08. The third kappa shape index (κ3) is 5.61. The Kier molecular flexibility index (Phi) is 6.55. The Labute approximate surface area is 170 Å². The normalized spacial score (nSPS) is 10.6. The van der Waals surface area contributed by atoms with E-state index in [2.05, 4.69) is 26.2 Å². The van der Waals surface area contributed by atoms with Crippen molar-refractivity contribution >= 4 is 29.3 Å². The first-order valence-electron chi connectivity index (χ1n) is 8.73. The number of rotatable bonds is 7. The highest BCUT2D eigenvalue weighted by atomic mass is 32.2. The smallest absolute Gasteiger partial charge is 0.243 e. The quantitative estimate of drug-likeness (QED) is 0.575. The molecule has 3 aromatic rings. The van der Waals surface area contributed by atoms with E-state index in [0.717, 1.165) is 16.8 Å². The van der Waals surface area contributed by atoms with Crippen LogP contribution in [0.25, 0.3) is 5.69 Å². The number of nitrogens with one attached hydrogen (secondary N) is 2. The SMILES string of the molecule is Cc1ccc(-n2nnnc2SCC(=O)NCC(=O)Nc2ccc(F)cc2)c(C)c1. The molecule has 8 nitrogen and oxygen atoms in total. The van der Waals surface area contributed by atoms with Crippen LogP contribution in [0.3, 0.4) is 0 Å². The van der Waals surface area contributed by atoms with E-state index in [1.807, 2.05) is 32.0 Å². The Hall–Kier alpha value is -3.27. The molecule has 0 radical (unpaired) electrons. The molecule has 10 heteroatoms. The molecule has 0 atom stereocenters. The van der Waals surface area contributed by atoms with Crippen molar-refractivity contribution in [1.82, 2.24) is 25.5 Å². The number of thioether (sulfide) groups is 1. The number of nitrogens with zero attached hydrogens (tertiary/aromatic N) is 4. The molecule has 0 aliphatic carbocycles. The zero-order valence-electron chi connectivity index (χ0n) is 15.8. The fourth-order valence-corrected chi connectivity index (χ4v) is 3.28. The minimum atomic E-state index is -0.407. The van der Waals surface area contributed by atoms with Gasteiger partial charge in [-0.25, -0.2) is 4.39 Å². The molecule has 3 rings (SSSR count). The first-order valence-corrected chi connectivity index (χ1v) is 9.72. The van der Waals surface area contributed by atoms with Crippen molar-refractivity contribution < 1.29 is 14.0 Å². The highest BCUT2D eigenvalue weighted by Crippen LogP contribution is 2.21. The Morgan fingerprint density at radius 1 is 1.10 bits per heavy atom. The number of carbonyl (C=O) groups excluding carboxylic acids is 2. The van der Waals surface area contributed by atoms with E-state index in [1.165, 1.54) is 36.0 Å². The van der Waals surface area contributed by atoms with Gasteiger partial charge in [-0.3, -0.25) is 9.59 Å². The fourth-order valence-electron chi connectivity index (χ4n) is 2.56. The number of aryl methyl sites for hydroxylation is 2. The van der Waals surface area contributed by atoms with Gasteiger partial charge in [-0.2, -0.15) is 4.68 Å². The van der Waals surface area contributed by atoms with Crippen LogP contribution in [0.2, 0.25) is 0 Å². The standard InChI is InChI=1S/C19H19FN6O2S/c1-12-3-8-16(13(2)9-12)26-19(23-24-25-26)29-11-18(28)21-10-17(27)22-15-6-4-14(20)5-7-15/h3-9H,10-11H2,1-2H3,(H,21,28)(H,22,27). The van der Waals surface area contributed by atoms with Crippen LogP contribution in [0.1, 0.15) is 11.1 Å². The minimum Gasteiger partial charge on any atom is -0.346 e. The van der Waals surface area contributed by atoms with Gasteiger partial charge in [0.1, 0.15) is 5.82 Å². The van der Waals surface area contributed by atoms with Crippen molar-refractivity contribution in [1.29, 1.82) is 0 Å². The number of tetrazole rings is 1. The average Bonchev–Trinajstić information content (AvgIpc) is 3.15. The van der Waals surface area contributed by atoms with E-state index >= 15 is 0 Å². The van der Waals surface area contributed by atoms with E-state index in [-0.39, 0.29) is 18.2 Å². The predicted octanol–water partition coefficient (Wildman–Crippen LogP) is 2.27. The summed E-state index contributed by atoms with van der Waals surface area (Å²) in [5.41, 5.74) is 3.43. The van der Waals surface area contributed by atoms with Gasteiger partial charge in [-0.05, 0) is 60.2 Å². The van der Waals surface area contributed by atoms with Crippen molar-refractivity contribution in [2.45, 2.75) is 19.0 Å². The van der Waals surface area contributed by atoms with Gasteiger partial charge in [0.05, 0.1) is 18.0 Å². The average molecular weight is 414 g/mol. The topological polar surface area (TPSA) is 102 Å². The zero-order chi connectivity index (χ0) is 20.8. The molecule has 0 aliphatic rings. The number of halogens is 1. The molecule has 0 bridgehead atoms. The number of hydrogen-bond acceptors (Lipinski definition) is 6. The largest absolute Gasteiger partial charge is 0.346 e. The lowest BCUT2D eigenvalue weighted by atomic mass is 10.1. The van der Waals surface area contributed by atoms with Gasteiger partial charge in [0, 0.05) is 5.69 Å². The maximum atomic E-state index is 12.9. The molecule has 2 aromatic carbocycles. The molecule has 29 heavy (non-hydrogen) atoms. The van der Waals surface area contributed by atoms with E-state index in [9.17, 15) is 14.0 Å². The van der Waals surface area contributed by atoms with E-state index in [0.29, 0.717) is 10.8 Å². The Balaban J connectivity index is 1.50. The molecule has 150 valence electrons. The van der Waals surface area contributed by atoms with Crippen LogP contribution in [-0.4, -0.2) is 44.3 Å². The number of anilines is 1. The van der Waals surface area contributed by atoms with Crippen molar-refractivity contribution in [3.05, 3.63) is 59.4 Å². The molecule has 2 amide bonds. The molecule has 1 aromatic heterocycles. The van der Waals surface area contributed by atoms with Crippen molar-refractivity contribution in [3.63, 3.8) is 0 Å². The molecule has 0 aliphatic heterocycles. The summed E-state index contributed by atoms with van der Waals surface area (Å²) in [6.45, 7) is 3.77. The van der Waals surface area contributed by atoms with Crippen molar-refractivity contribution in [3.8, 4) is 5.69 Å². The number of aromatic nitrogens is 4. The lowest BCUT2D eigenvalue weighted by molar-refractivity contribution is -0.122. The number of benzene rings is 2. The molecule has 2 N–H and O–H groups in total. The maximum absolute atomic E-state index is 12.9. The van der Waals surface area contributed by atoms with E-state index in [1.54, 1.807) is 4.68 Å². The highest BCUT2D eigenvalue weighted by Gasteiger charge is 2.14. The molecular formula is C19H19FN6O2S. The Morgan fingerprint density at radius 3 is 2.59 bits per heavy atom. The first kappa shape index (κ1) is 20.5. The summed E-state index contributed by atoms with van der Waals surface area (Å²) >= 11 is 1.17. The van der Waals surface area contributed by atoms with Gasteiger partial charge >= 0.3 is 0 Å². The van der Waals surface area contributed by atoms with Gasteiger partial charge in [-0.1, -0.05) is 29.5 Å². The maximum Gasteiger partial charge on any atom is 0.243 e. The second-order valence-corrected chi connectivity index (χ2v) is 7.23. The number of amides is 2. The van der Waals surface area contributed by atoms with Gasteiger partial charge in [0.2, 0.25) is 17.0 Å². The van der Waals surface area contributed by atoms with Crippen LogP contribution in [0.4, 0.5) is 10.1 Å². The van der Waals surface area contributed by atoms with Crippen LogP contribution in [0.5, 0.6) is 0 Å². The van der Waals surface area contributed by atoms with Crippen LogP contribution in [-0.2, 0) is 9.59 Å².